The number of ether oxygens (including phenoxy) is 2. The van der Waals surface area contributed by atoms with Gasteiger partial charge < -0.3 is 18.8 Å². The second-order valence-electron chi connectivity index (χ2n) is 8.84. The van der Waals surface area contributed by atoms with Crippen molar-refractivity contribution in [2.45, 2.75) is 33.4 Å². The first-order chi connectivity index (χ1) is 16.9. The molecule has 1 amide bonds. The predicted octanol–water partition coefficient (Wildman–Crippen LogP) is 5.56. The van der Waals surface area contributed by atoms with Crippen LogP contribution in [0, 0.1) is 13.8 Å². The van der Waals surface area contributed by atoms with Gasteiger partial charge in [0.2, 0.25) is 5.76 Å². The van der Waals surface area contributed by atoms with Crippen molar-refractivity contribution in [1.82, 2.24) is 4.90 Å². The number of hydrogen-bond donors (Lipinski definition) is 0. The van der Waals surface area contributed by atoms with Crippen LogP contribution >= 0.6 is 0 Å². The largest absolute Gasteiger partial charge is 0.493 e. The van der Waals surface area contributed by atoms with E-state index in [0.717, 1.165) is 22.3 Å². The van der Waals surface area contributed by atoms with Crippen LogP contribution < -0.4 is 14.9 Å². The average Bonchev–Trinajstić information content (AvgIpc) is 3.13. The number of carbonyl (C=O) groups excluding carboxylic acids is 1. The topological polar surface area (TPSA) is 69.0 Å². The highest BCUT2D eigenvalue weighted by atomic mass is 16.5. The van der Waals surface area contributed by atoms with Crippen molar-refractivity contribution in [3.05, 3.63) is 104 Å². The van der Waals surface area contributed by atoms with Gasteiger partial charge in [-0.3, -0.25) is 9.59 Å². The smallest absolute Gasteiger partial charge is 0.291 e. The second-order valence-corrected chi connectivity index (χ2v) is 8.84. The summed E-state index contributed by atoms with van der Waals surface area (Å²) in [4.78, 5) is 29.1. The number of rotatable bonds is 6. The van der Waals surface area contributed by atoms with Gasteiger partial charge in [0.25, 0.3) is 5.91 Å². The van der Waals surface area contributed by atoms with Crippen LogP contribution in [-0.4, -0.2) is 24.5 Å². The monoisotopic (exact) mass is 469 g/mol. The van der Waals surface area contributed by atoms with Crippen molar-refractivity contribution in [2.75, 3.05) is 13.7 Å². The minimum Gasteiger partial charge on any atom is -0.493 e. The Bertz CT molecular complexity index is 1490. The predicted molar refractivity (Wildman–Crippen MR) is 134 cm³/mol. The standard InChI is InChI=1S/C29H27NO5/c1-5-34-23-13-11-20(15-24(23)33-4)26-25-27(31)21-14-18(3)8-12-22(21)35-28(25)29(32)30(26)16-19-9-6-17(2)7-10-19/h6-15,26H,5,16H2,1-4H3. The first kappa shape index (κ1) is 22.7. The summed E-state index contributed by atoms with van der Waals surface area (Å²) in [6, 6.07) is 18.4. The molecule has 0 spiro atoms. The van der Waals surface area contributed by atoms with E-state index in [1.807, 2.05) is 75.4 Å². The number of benzene rings is 3. The molecule has 4 aromatic rings. The van der Waals surface area contributed by atoms with Crippen molar-refractivity contribution in [3.63, 3.8) is 0 Å². The highest BCUT2D eigenvalue weighted by Gasteiger charge is 2.43. The number of fused-ring (bicyclic) bond motifs is 2. The number of aryl methyl sites for hydroxylation is 2. The Hall–Kier alpha value is -4.06. The molecule has 0 aliphatic carbocycles. The highest BCUT2D eigenvalue weighted by molar-refractivity contribution is 5.99. The van der Waals surface area contributed by atoms with E-state index in [0.29, 0.717) is 41.2 Å². The molecule has 1 aliphatic rings. The number of methoxy groups -OCH3 is 1. The molecule has 6 heteroatoms. The Balaban J connectivity index is 1.71. The lowest BCUT2D eigenvalue weighted by Crippen LogP contribution is -2.29. The van der Waals surface area contributed by atoms with Crippen LogP contribution in [0.25, 0.3) is 11.0 Å². The number of nitrogens with zero attached hydrogens (tertiary/aromatic N) is 1. The summed E-state index contributed by atoms with van der Waals surface area (Å²) in [6.45, 7) is 6.68. The zero-order valence-electron chi connectivity index (χ0n) is 20.3. The normalized spacial score (nSPS) is 14.9. The summed E-state index contributed by atoms with van der Waals surface area (Å²) in [5.41, 5.74) is 4.37. The molecule has 3 aromatic carbocycles. The fraction of sp³-hybridized carbons (Fsp3) is 0.241. The van der Waals surface area contributed by atoms with Crippen LogP contribution in [0.1, 0.15) is 51.3 Å². The molecule has 2 heterocycles. The second kappa shape index (κ2) is 8.95. The maximum absolute atomic E-state index is 13.8. The molecule has 0 N–H and O–H groups in total. The molecule has 1 aromatic heterocycles. The summed E-state index contributed by atoms with van der Waals surface area (Å²) >= 11 is 0. The van der Waals surface area contributed by atoms with Crippen molar-refractivity contribution in [1.29, 1.82) is 0 Å². The maximum atomic E-state index is 13.8. The van der Waals surface area contributed by atoms with Gasteiger partial charge in [0, 0.05) is 6.54 Å². The highest BCUT2D eigenvalue weighted by Crippen LogP contribution is 2.41. The molecule has 35 heavy (non-hydrogen) atoms. The zero-order valence-corrected chi connectivity index (χ0v) is 20.3. The van der Waals surface area contributed by atoms with Crippen molar-refractivity contribution < 1.29 is 18.7 Å². The third-order valence-corrected chi connectivity index (χ3v) is 6.40. The van der Waals surface area contributed by atoms with Gasteiger partial charge in [-0.15, -0.1) is 0 Å². The van der Waals surface area contributed by atoms with E-state index < -0.39 is 6.04 Å². The van der Waals surface area contributed by atoms with Crippen LogP contribution in [0.5, 0.6) is 11.5 Å². The fourth-order valence-electron chi connectivity index (χ4n) is 4.66. The summed E-state index contributed by atoms with van der Waals surface area (Å²) in [6.07, 6.45) is 0. The number of amides is 1. The molecule has 0 saturated carbocycles. The summed E-state index contributed by atoms with van der Waals surface area (Å²) in [5, 5.41) is 0.469. The van der Waals surface area contributed by atoms with Gasteiger partial charge in [-0.25, -0.2) is 0 Å². The average molecular weight is 470 g/mol. The minimum absolute atomic E-state index is 0.0938. The molecule has 1 unspecified atom stereocenters. The van der Waals surface area contributed by atoms with Crippen molar-refractivity contribution in [3.8, 4) is 11.5 Å². The van der Waals surface area contributed by atoms with Gasteiger partial charge in [0.05, 0.1) is 30.7 Å². The van der Waals surface area contributed by atoms with Crippen molar-refractivity contribution >= 4 is 16.9 Å². The van der Waals surface area contributed by atoms with E-state index in [1.54, 1.807) is 18.1 Å². The van der Waals surface area contributed by atoms with E-state index >= 15 is 0 Å². The molecule has 0 bridgehead atoms. The lowest BCUT2D eigenvalue weighted by molar-refractivity contribution is 0.0714. The lowest BCUT2D eigenvalue weighted by Gasteiger charge is -2.26. The first-order valence-corrected chi connectivity index (χ1v) is 11.7. The Labute approximate surface area is 203 Å². The zero-order chi connectivity index (χ0) is 24.7. The molecular weight excluding hydrogens is 442 g/mol. The third kappa shape index (κ3) is 3.95. The van der Waals surface area contributed by atoms with Crippen LogP contribution in [0.2, 0.25) is 0 Å². The molecule has 0 fully saturated rings. The van der Waals surface area contributed by atoms with Gasteiger partial charge in [-0.2, -0.15) is 0 Å². The molecule has 6 nitrogen and oxygen atoms in total. The van der Waals surface area contributed by atoms with Crippen LogP contribution in [0.3, 0.4) is 0 Å². The van der Waals surface area contributed by atoms with Gasteiger partial charge in [-0.05, 0) is 56.2 Å². The Kier molecular flexibility index (Phi) is 5.81. The van der Waals surface area contributed by atoms with Gasteiger partial charge in [-0.1, -0.05) is 47.5 Å². The quantitative estimate of drug-likeness (QED) is 0.370. The lowest BCUT2D eigenvalue weighted by atomic mass is 9.97. The minimum atomic E-state index is -0.621. The number of hydrogen-bond acceptors (Lipinski definition) is 5. The molecule has 1 atom stereocenters. The van der Waals surface area contributed by atoms with Crippen molar-refractivity contribution in [2.24, 2.45) is 0 Å². The van der Waals surface area contributed by atoms with E-state index in [1.165, 1.54) is 0 Å². The van der Waals surface area contributed by atoms with Gasteiger partial charge >= 0.3 is 0 Å². The molecule has 0 radical (unpaired) electrons. The molecule has 1 aliphatic heterocycles. The summed E-state index contributed by atoms with van der Waals surface area (Å²) < 4.78 is 17.3. The SMILES string of the molecule is CCOc1ccc(C2c3c(oc4ccc(C)cc4c3=O)C(=O)N2Cc2ccc(C)cc2)cc1OC. The van der Waals surface area contributed by atoms with Gasteiger partial charge in [0.15, 0.2) is 16.9 Å². The third-order valence-electron chi connectivity index (χ3n) is 6.40. The molecular formula is C29H27NO5. The van der Waals surface area contributed by atoms with E-state index in [4.69, 9.17) is 13.9 Å². The van der Waals surface area contributed by atoms with E-state index in [-0.39, 0.29) is 17.1 Å². The maximum Gasteiger partial charge on any atom is 0.291 e. The molecule has 0 saturated heterocycles. The number of carbonyl (C=O) groups is 1. The molecule has 178 valence electrons. The fourth-order valence-corrected chi connectivity index (χ4v) is 4.66. The van der Waals surface area contributed by atoms with E-state index in [9.17, 15) is 9.59 Å². The Morgan fingerprint density at radius 3 is 2.37 bits per heavy atom. The summed E-state index contributed by atoms with van der Waals surface area (Å²) in [5.74, 6) is 0.936. The van der Waals surface area contributed by atoms with Gasteiger partial charge in [0.1, 0.15) is 5.58 Å². The van der Waals surface area contributed by atoms with E-state index in [2.05, 4.69) is 0 Å². The first-order valence-electron chi connectivity index (χ1n) is 11.7. The van der Waals surface area contributed by atoms with Crippen LogP contribution in [0.15, 0.2) is 69.9 Å². The summed E-state index contributed by atoms with van der Waals surface area (Å²) in [7, 11) is 1.57. The molecule has 5 rings (SSSR count). The Morgan fingerprint density at radius 1 is 0.914 bits per heavy atom. The van der Waals surface area contributed by atoms with Crippen LogP contribution in [0.4, 0.5) is 0 Å². The Morgan fingerprint density at radius 2 is 1.66 bits per heavy atom. The van der Waals surface area contributed by atoms with Crippen LogP contribution in [-0.2, 0) is 6.54 Å².